The molecule has 0 radical (unpaired) electrons. The summed E-state index contributed by atoms with van der Waals surface area (Å²) in [5.41, 5.74) is 3.33. The quantitative estimate of drug-likeness (QED) is 0.602. The van der Waals surface area contributed by atoms with Crippen molar-refractivity contribution in [2.75, 3.05) is 19.7 Å². The van der Waals surface area contributed by atoms with Crippen LogP contribution in [-0.4, -0.2) is 53.2 Å². The topological polar surface area (TPSA) is 95.9 Å². The van der Waals surface area contributed by atoms with Gasteiger partial charge in [-0.1, -0.05) is 55.5 Å². The van der Waals surface area contributed by atoms with Gasteiger partial charge in [-0.05, 0) is 54.4 Å². The van der Waals surface area contributed by atoms with Gasteiger partial charge in [0.25, 0.3) is 0 Å². The van der Waals surface area contributed by atoms with Crippen LogP contribution in [0.3, 0.4) is 0 Å². The predicted molar refractivity (Wildman–Crippen MR) is 124 cm³/mol. The van der Waals surface area contributed by atoms with Gasteiger partial charge in [0.05, 0.1) is 0 Å². The third-order valence-electron chi connectivity index (χ3n) is 6.65. The molecule has 1 unspecified atom stereocenters. The molecule has 33 heavy (non-hydrogen) atoms. The summed E-state index contributed by atoms with van der Waals surface area (Å²) in [6, 6.07) is 16.2. The summed E-state index contributed by atoms with van der Waals surface area (Å²) in [6.07, 6.45) is 1.58. The van der Waals surface area contributed by atoms with Gasteiger partial charge in [-0.2, -0.15) is 0 Å². The first kappa shape index (κ1) is 22.8. The molecule has 174 valence electrons. The van der Waals surface area contributed by atoms with Gasteiger partial charge in [-0.15, -0.1) is 0 Å². The van der Waals surface area contributed by atoms with Crippen LogP contribution in [0.2, 0.25) is 0 Å². The number of nitrogens with zero attached hydrogens (tertiary/aromatic N) is 1. The van der Waals surface area contributed by atoms with E-state index in [-0.39, 0.29) is 30.9 Å². The Morgan fingerprint density at radius 3 is 2.15 bits per heavy atom. The maximum absolute atomic E-state index is 13.3. The number of fused-ring (bicyclic) bond motifs is 3. The minimum atomic E-state index is -1.19. The van der Waals surface area contributed by atoms with Gasteiger partial charge < -0.3 is 20.1 Å². The maximum Gasteiger partial charge on any atom is 0.408 e. The van der Waals surface area contributed by atoms with Crippen molar-refractivity contribution >= 4 is 18.0 Å². The highest BCUT2D eigenvalue weighted by Crippen LogP contribution is 2.45. The minimum absolute atomic E-state index is 0.0290. The lowest BCUT2D eigenvalue weighted by molar-refractivity contribution is -0.147. The zero-order chi connectivity index (χ0) is 23.6. The van der Waals surface area contributed by atoms with E-state index < -0.39 is 17.6 Å². The normalized spacial score (nSPS) is 16.3. The van der Waals surface area contributed by atoms with Crippen LogP contribution in [0.25, 0.3) is 11.1 Å². The Hall–Kier alpha value is -3.35. The molecule has 2 aliphatic carbocycles. The first-order valence-corrected chi connectivity index (χ1v) is 11.5. The summed E-state index contributed by atoms with van der Waals surface area (Å²) in [5.74, 6) is -1.55. The number of carbonyl (C=O) groups excluding carboxylic acids is 2. The lowest BCUT2D eigenvalue weighted by atomic mass is 9.93. The van der Waals surface area contributed by atoms with Crippen molar-refractivity contribution in [3.05, 3.63) is 59.7 Å². The van der Waals surface area contributed by atoms with Crippen LogP contribution in [0, 0.1) is 5.92 Å². The highest BCUT2D eigenvalue weighted by molar-refractivity contribution is 5.92. The van der Waals surface area contributed by atoms with Gasteiger partial charge in [0.2, 0.25) is 5.91 Å². The Balaban J connectivity index is 1.47. The van der Waals surface area contributed by atoms with E-state index in [4.69, 9.17) is 4.74 Å². The van der Waals surface area contributed by atoms with Crippen LogP contribution in [0.5, 0.6) is 0 Å². The second-order valence-corrected chi connectivity index (χ2v) is 9.05. The highest BCUT2D eigenvalue weighted by Gasteiger charge is 2.50. The zero-order valence-corrected chi connectivity index (χ0v) is 19.0. The fourth-order valence-electron chi connectivity index (χ4n) is 4.85. The first-order valence-electron chi connectivity index (χ1n) is 11.5. The van der Waals surface area contributed by atoms with E-state index in [2.05, 4.69) is 17.4 Å². The van der Waals surface area contributed by atoms with Crippen molar-refractivity contribution in [3.63, 3.8) is 0 Å². The second kappa shape index (κ2) is 9.25. The van der Waals surface area contributed by atoms with E-state index in [9.17, 15) is 19.5 Å². The second-order valence-electron chi connectivity index (χ2n) is 9.05. The smallest absolute Gasteiger partial charge is 0.408 e. The molecule has 0 aromatic heterocycles. The van der Waals surface area contributed by atoms with Gasteiger partial charge in [-0.25, -0.2) is 4.79 Å². The summed E-state index contributed by atoms with van der Waals surface area (Å²) < 4.78 is 5.65. The van der Waals surface area contributed by atoms with E-state index in [1.165, 1.54) is 4.90 Å². The largest absolute Gasteiger partial charge is 0.480 e. The van der Waals surface area contributed by atoms with E-state index >= 15 is 0 Å². The molecule has 0 bridgehead atoms. The molecule has 2 aromatic carbocycles. The molecule has 2 aromatic rings. The van der Waals surface area contributed by atoms with Gasteiger partial charge in [0, 0.05) is 12.5 Å². The van der Waals surface area contributed by atoms with Crippen LogP contribution in [0.1, 0.15) is 50.2 Å². The molecular formula is C26H30N2O5. The van der Waals surface area contributed by atoms with Crippen molar-refractivity contribution in [1.82, 2.24) is 10.2 Å². The number of hydrogen-bond donors (Lipinski definition) is 2. The summed E-state index contributed by atoms with van der Waals surface area (Å²) in [5, 5.41) is 12.0. The van der Waals surface area contributed by atoms with Crippen molar-refractivity contribution in [2.24, 2.45) is 5.92 Å². The number of carboxylic acid groups (broad SMARTS) is 1. The molecule has 2 aliphatic rings. The predicted octanol–water partition coefficient (Wildman–Crippen LogP) is 4.02. The number of hydrogen-bond acceptors (Lipinski definition) is 4. The number of amides is 2. The Kier molecular flexibility index (Phi) is 6.40. The third kappa shape index (κ3) is 4.58. The van der Waals surface area contributed by atoms with Crippen molar-refractivity contribution in [2.45, 2.75) is 44.6 Å². The molecule has 7 heteroatoms. The summed E-state index contributed by atoms with van der Waals surface area (Å²) in [4.78, 5) is 38.7. The standard InChI is InChI=1S/C26H30N2O5/c1-3-14-28(15-23(29)30)24(31)26(2,17-12-13-17)27-25(32)33-16-22-20-10-6-4-8-18(20)19-9-5-7-11-21(19)22/h4-11,17,22H,3,12-16H2,1-2H3,(H,27,32)(H,29,30). The number of carboxylic acids is 1. The molecule has 1 fully saturated rings. The Bertz CT molecular complexity index is 1020. The summed E-state index contributed by atoms with van der Waals surface area (Å²) in [6.45, 7) is 3.65. The Morgan fingerprint density at radius 2 is 1.64 bits per heavy atom. The SMILES string of the molecule is CCCN(CC(=O)O)C(=O)C(C)(NC(=O)OCC1c2ccccc2-c2ccccc21)C1CC1. The van der Waals surface area contributed by atoms with E-state index in [1.54, 1.807) is 6.92 Å². The molecule has 1 atom stereocenters. The number of rotatable bonds is 9. The van der Waals surface area contributed by atoms with Crippen LogP contribution in [0.15, 0.2) is 48.5 Å². The number of carbonyl (C=O) groups is 3. The fourth-order valence-corrected chi connectivity index (χ4v) is 4.85. The zero-order valence-electron chi connectivity index (χ0n) is 19.0. The number of benzene rings is 2. The average molecular weight is 451 g/mol. The van der Waals surface area contributed by atoms with Crippen molar-refractivity contribution in [1.29, 1.82) is 0 Å². The van der Waals surface area contributed by atoms with Crippen LogP contribution < -0.4 is 5.32 Å². The lowest BCUT2D eigenvalue weighted by Gasteiger charge is -2.34. The average Bonchev–Trinajstić information content (AvgIpc) is 3.60. The summed E-state index contributed by atoms with van der Waals surface area (Å²) in [7, 11) is 0. The first-order chi connectivity index (χ1) is 15.8. The third-order valence-corrected chi connectivity index (χ3v) is 6.65. The molecule has 2 N–H and O–H groups in total. The van der Waals surface area contributed by atoms with Gasteiger partial charge in [-0.3, -0.25) is 9.59 Å². The lowest BCUT2D eigenvalue weighted by Crippen LogP contribution is -2.60. The molecular weight excluding hydrogens is 420 g/mol. The van der Waals surface area contributed by atoms with E-state index in [0.717, 1.165) is 35.1 Å². The van der Waals surface area contributed by atoms with Crippen LogP contribution >= 0.6 is 0 Å². The van der Waals surface area contributed by atoms with Crippen LogP contribution in [0.4, 0.5) is 4.79 Å². The Labute approximate surface area is 193 Å². The molecule has 0 aliphatic heterocycles. The number of nitrogens with one attached hydrogen (secondary N) is 1. The van der Waals surface area contributed by atoms with Crippen molar-refractivity contribution < 1.29 is 24.2 Å². The monoisotopic (exact) mass is 450 g/mol. The molecule has 0 spiro atoms. The number of alkyl carbamates (subject to hydrolysis) is 1. The van der Waals surface area contributed by atoms with Gasteiger partial charge in [0.15, 0.2) is 0 Å². The molecule has 0 heterocycles. The molecule has 2 amide bonds. The van der Waals surface area contributed by atoms with E-state index in [1.807, 2.05) is 43.3 Å². The van der Waals surface area contributed by atoms with Crippen molar-refractivity contribution in [3.8, 4) is 11.1 Å². The molecule has 4 rings (SSSR count). The molecule has 7 nitrogen and oxygen atoms in total. The number of aliphatic carboxylic acids is 1. The maximum atomic E-state index is 13.3. The summed E-state index contributed by atoms with van der Waals surface area (Å²) >= 11 is 0. The Morgan fingerprint density at radius 1 is 1.06 bits per heavy atom. The highest BCUT2D eigenvalue weighted by atomic mass is 16.5. The molecule has 1 saturated carbocycles. The van der Waals surface area contributed by atoms with E-state index in [0.29, 0.717) is 13.0 Å². The molecule has 0 saturated heterocycles. The minimum Gasteiger partial charge on any atom is -0.480 e. The number of ether oxygens (including phenoxy) is 1. The van der Waals surface area contributed by atoms with Gasteiger partial charge >= 0.3 is 12.1 Å². The fraction of sp³-hybridized carbons (Fsp3) is 0.423. The van der Waals surface area contributed by atoms with Crippen LogP contribution in [-0.2, 0) is 14.3 Å². The van der Waals surface area contributed by atoms with Gasteiger partial charge in [0.1, 0.15) is 18.7 Å².